The molecule has 0 bridgehead atoms. The fourth-order valence-corrected chi connectivity index (χ4v) is 2.20. The van der Waals surface area contributed by atoms with Crippen LogP contribution in [0.4, 0.5) is 4.39 Å². The Balaban J connectivity index is 1.93. The third-order valence-corrected chi connectivity index (χ3v) is 3.18. The number of carbonyl (C=O) groups is 1. The molecule has 0 atom stereocenters. The SMILES string of the molecule is O=C(c1ccc(F)cn1)N1CCN(CCCl)CC1. The summed E-state index contributed by atoms with van der Waals surface area (Å²) in [5.74, 6) is 0.0343. The number of nitrogens with zero attached hydrogens (tertiary/aromatic N) is 3. The minimum Gasteiger partial charge on any atom is -0.335 e. The van der Waals surface area contributed by atoms with Gasteiger partial charge in [-0.1, -0.05) is 0 Å². The van der Waals surface area contributed by atoms with Crippen LogP contribution >= 0.6 is 11.6 Å². The zero-order valence-corrected chi connectivity index (χ0v) is 10.7. The Morgan fingerprint density at radius 1 is 1.33 bits per heavy atom. The lowest BCUT2D eigenvalue weighted by atomic mass is 10.2. The third-order valence-electron chi connectivity index (χ3n) is 3.01. The van der Waals surface area contributed by atoms with E-state index in [-0.39, 0.29) is 5.91 Å². The summed E-state index contributed by atoms with van der Waals surface area (Å²) < 4.78 is 12.7. The molecule has 1 aromatic rings. The van der Waals surface area contributed by atoms with Crippen LogP contribution in [0.5, 0.6) is 0 Å². The molecule has 4 nitrogen and oxygen atoms in total. The fourth-order valence-electron chi connectivity index (χ4n) is 1.96. The Morgan fingerprint density at radius 2 is 2.06 bits per heavy atom. The van der Waals surface area contributed by atoms with Crippen LogP contribution in [0, 0.1) is 5.82 Å². The first-order valence-electron chi connectivity index (χ1n) is 5.90. The number of carbonyl (C=O) groups excluding carboxylic acids is 1. The van der Waals surface area contributed by atoms with Crippen LogP contribution in [-0.2, 0) is 0 Å². The van der Waals surface area contributed by atoms with Crippen molar-refractivity contribution in [2.75, 3.05) is 38.6 Å². The van der Waals surface area contributed by atoms with Crippen molar-refractivity contribution in [2.24, 2.45) is 0 Å². The van der Waals surface area contributed by atoms with E-state index in [1.54, 1.807) is 4.90 Å². The van der Waals surface area contributed by atoms with Gasteiger partial charge >= 0.3 is 0 Å². The van der Waals surface area contributed by atoms with Crippen molar-refractivity contribution in [3.05, 3.63) is 29.8 Å². The second kappa shape index (κ2) is 6.11. The normalized spacial score (nSPS) is 16.9. The molecule has 1 aliphatic heterocycles. The van der Waals surface area contributed by atoms with Gasteiger partial charge < -0.3 is 4.90 Å². The zero-order valence-electron chi connectivity index (χ0n) is 9.98. The number of hydrogen-bond acceptors (Lipinski definition) is 3. The Labute approximate surface area is 110 Å². The maximum absolute atomic E-state index is 12.7. The molecule has 1 aliphatic rings. The second-order valence-corrected chi connectivity index (χ2v) is 4.56. The lowest BCUT2D eigenvalue weighted by Crippen LogP contribution is -2.49. The van der Waals surface area contributed by atoms with Gasteiger partial charge in [-0.3, -0.25) is 9.69 Å². The van der Waals surface area contributed by atoms with E-state index in [1.165, 1.54) is 12.1 Å². The topological polar surface area (TPSA) is 36.4 Å². The summed E-state index contributed by atoms with van der Waals surface area (Å²) in [6, 6.07) is 2.67. The van der Waals surface area contributed by atoms with E-state index >= 15 is 0 Å². The van der Waals surface area contributed by atoms with E-state index in [1.807, 2.05) is 0 Å². The van der Waals surface area contributed by atoms with Gasteiger partial charge in [0.15, 0.2) is 0 Å². The summed E-state index contributed by atoms with van der Waals surface area (Å²) in [7, 11) is 0. The van der Waals surface area contributed by atoms with Gasteiger partial charge in [0.25, 0.3) is 5.91 Å². The van der Waals surface area contributed by atoms with Gasteiger partial charge in [-0.05, 0) is 12.1 Å². The number of piperazine rings is 1. The molecule has 0 radical (unpaired) electrons. The van der Waals surface area contributed by atoms with Crippen LogP contribution in [0.15, 0.2) is 18.3 Å². The molecule has 0 spiro atoms. The first-order chi connectivity index (χ1) is 8.70. The van der Waals surface area contributed by atoms with Crippen molar-refractivity contribution in [1.29, 1.82) is 0 Å². The Bertz CT molecular complexity index is 404. The molecule has 2 rings (SSSR count). The molecule has 1 saturated heterocycles. The molecule has 2 heterocycles. The molecule has 6 heteroatoms. The molecule has 0 aliphatic carbocycles. The maximum atomic E-state index is 12.7. The first-order valence-corrected chi connectivity index (χ1v) is 6.43. The zero-order chi connectivity index (χ0) is 13.0. The highest BCUT2D eigenvalue weighted by Crippen LogP contribution is 2.07. The van der Waals surface area contributed by atoms with Gasteiger partial charge in [0, 0.05) is 38.6 Å². The summed E-state index contributed by atoms with van der Waals surface area (Å²) >= 11 is 5.68. The molecule has 0 unspecified atom stereocenters. The Kier molecular flexibility index (Phi) is 4.49. The standard InChI is InChI=1S/C12H15ClFN3O/c13-3-4-16-5-7-17(8-6-16)12(18)11-2-1-10(14)9-15-11/h1-2,9H,3-8H2. The van der Waals surface area contributed by atoms with E-state index in [0.717, 1.165) is 25.8 Å². The number of alkyl halides is 1. The molecular formula is C12H15ClFN3O. The summed E-state index contributed by atoms with van der Waals surface area (Å²) in [5, 5.41) is 0. The number of amides is 1. The van der Waals surface area contributed by atoms with E-state index in [4.69, 9.17) is 11.6 Å². The van der Waals surface area contributed by atoms with E-state index in [0.29, 0.717) is 24.7 Å². The molecule has 1 fully saturated rings. The quantitative estimate of drug-likeness (QED) is 0.776. The summed E-state index contributed by atoms with van der Waals surface area (Å²) in [6.45, 7) is 3.81. The van der Waals surface area contributed by atoms with Crippen LogP contribution in [0.3, 0.4) is 0 Å². The molecule has 98 valence electrons. The third kappa shape index (κ3) is 3.17. The Morgan fingerprint density at radius 3 is 2.61 bits per heavy atom. The largest absolute Gasteiger partial charge is 0.335 e. The van der Waals surface area contributed by atoms with Crippen LogP contribution < -0.4 is 0 Å². The summed E-state index contributed by atoms with van der Waals surface area (Å²) in [6.07, 6.45) is 1.07. The fraction of sp³-hybridized carbons (Fsp3) is 0.500. The number of hydrogen-bond donors (Lipinski definition) is 0. The molecule has 0 N–H and O–H groups in total. The highest BCUT2D eigenvalue weighted by Gasteiger charge is 2.22. The van der Waals surface area contributed by atoms with Gasteiger partial charge in [-0.2, -0.15) is 0 Å². The van der Waals surface area contributed by atoms with E-state index in [2.05, 4.69) is 9.88 Å². The molecule has 1 aromatic heterocycles. The molecule has 18 heavy (non-hydrogen) atoms. The summed E-state index contributed by atoms with van der Waals surface area (Å²) in [5.41, 5.74) is 0.294. The molecule has 0 aromatic carbocycles. The van der Waals surface area contributed by atoms with Crippen LogP contribution in [-0.4, -0.2) is 59.3 Å². The van der Waals surface area contributed by atoms with Crippen molar-refractivity contribution in [1.82, 2.24) is 14.8 Å². The molecule has 0 saturated carbocycles. The number of halogens is 2. The molecule has 1 amide bonds. The predicted molar refractivity (Wildman–Crippen MR) is 67.3 cm³/mol. The van der Waals surface area contributed by atoms with Crippen molar-refractivity contribution in [3.8, 4) is 0 Å². The lowest BCUT2D eigenvalue weighted by molar-refractivity contribution is 0.0638. The first kappa shape index (κ1) is 13.2. The summed E-state index contributed by atoms with van der Waals surface area (Å²) in [4.78, 5) is 19.8. The molecular weight excluding hydrogens is 257 g/mol. The van der Waals surface area contributed by atoms with Gasteiger partial charge in [0.05, 0.1) is 6.20 Å². The van der Waals surface area contributed by atoms with Gasteiger partial charge in [-0.15, -0.1) is 11.6 Å². The van der Waals surface area contributed by atoms with Crippen molar-refractivity contribution >= 4 is 17.5 Å². The van der Waals surface area contributed by atoms with Crippen molar-refractivity contribution in [2.45, 2.75) is 0 Å². The van der Waals surface area contributed by atoms with E-state index < -0.39 is 5.82 Å². The van der Waals surface area contributed by atoms with Crippen LogP contribution in [0.2, 0.25) is 0 Å². The average Bonchev–Trinajstić information content (AvgIpc) is 2.40. The lowest BCUT2D eigenvalue weighted by Gasteiger charge is -2.34. The second-order valence-electron chi connectivity index (χ2n) is 4.18. The van der Waals surface area contributed by atoms with E-state index in [9.17, 15) is 9.18 Å². The van der Waals surface area contributed by atoms with Gasteiger partial charge in [0.2, 0.25) is 0 Å². The van der Waals surface area contributed by atoms with Gasteiger partial charge in [0.1, 0.15) is 11.5 Å². The van der Waals surface area contributed by atoms with Gasteiger partial charge in [-0.25, -0.2) is 9.37 Å². The number of aromatic nitrogens is 1. The minimum absolute atomic E-state index is 0.138. The van der Waals surface area contributed by atoms with Crippen molar-refractivity contribution in [3.63, 3.8) is 0 Å². The Hall–Kier alpha value is -1.20. The monoisotopic (exact) mass is 271 g/mol. The van der Waals surface area contributed by atoms with Crippen molar-refractivity contribution < 1.29 is 9.18 Å². The van der Waals surface area contributed by atoms with Crippen LogP contribution in [0.1, 0.15) is 10.5 Å². The smallest absolute Gasteiger partial charge is 0.272 e. The predicted octanol–water partition coefficient (Wildman–Crippen LogP) is 1.22. The number of pyridine rings is 1. The average molecular weight is 272 g/mol. The maximum Gasteiger partial charge on any atom is 0.272 e. The highest BCUT2D eigenvalue weighted by atomic mass is 35.5. The minimum atomic E-state index is -0.432. The highest BCUT2D eigenvalue weighted by molar-refractivity contribution is 6.18. The number of rotatable bonds is 3. The van der Waals surface area contributed by atoms with Crippen LogP contribution in [0.25, 0.3) is 0 Å².